The SMILES string of the molecule is COC(=O)c1cc(NC(=O)C2CCN(S(=O)(=O)c3ccc4c(c3)CCCC4)CC2)c(F)cc1F. The van der Waals surface area contributed by atoms with Crippen LogP contribution in [0.4, 0.5) is 14.5 Å². The van der Waals surface area contributed by atoms with E-state index in [1.165, 1.54) is 9.87 Å². The predicted molar refractivity (Wildman–Crippen MR) is 121 cm³/mol. The zero-order valence-electron chi connectivity index (χ0n) is 18.8. The number of halogens is 2. The first-order valence-corrected chi connectivity index (χ1v) is 12.6. The van der Waals surface area contributed by atoms with E-state index in [1.807, 2.05) is 6.07 Å². The van der Waals surface area contributed by atoms with Gasteiger partial charge in [-0.15, -0.1) is 0 Å². The predicted octanol–water partition coefficient (Wildman–Crippen LogP) is 3.67. The molecule has 182 valence electrons. The number of methoxy groups -OCH3 is 1. The Labute approximate surface area is 197 Å². The highest BCUT2D eigenvalue weighted by atomic mass is 32.2. The van der Waals surface area contributed by atoms with E-state index in [4.69, 9.17) is 0 Å². The summed E-state index contributed by atoms with van der Waals surface area (Å²) < 4.78 is 60.1. The summed E-state index contributed by atoms with van der Waals surface area (Å²) in [5.74, 6) is -4.18. The highest BCUT2D eigenvalue weighted by molar-refractivity contribution is 7.89. The lowest BCUT2D eigenvalue weighted by atomic mass is 9.92. The minimum Gasteiger partial charge on any atom is -0.465 e. The summed E-state index contributed by atoms with van der Waals surface area (Å²) in [6.45, 7) is 0.299. The van der Waals surface area contributed by atoms with Gasteiger partial charge in [0.1, 0.15) is 11.6 Å². The van der Waals surface area contributed by atoms with Crippen molar-refractivity contribution >= 4 is 27.6 Å². The highest BCUT2D eigenvalue weighted by Gasteiger charge is 2.33. The molecule has 10 heteroatoms. The number of anilines is 1. The van der Waals surface area contributed by atoms with Gasteiger partial charge in [-0.2, -0.15) is 4.31 Å². The van der Waals surface area contributed by atoms with Gasteiger partial charge in [-0.05, 0) is 67.9 Å². The fourth-order valence-corrected chi connectivity index (χ4v) is 6.04. The average molecular weight is 493 g/mol. The minimum absolute atomic E-state index is 0.150. The lowest BCUT2D eigenvalue weighted by Crippen LogP contribution is -2.41. The molecule has 0 aromatic heterocycles. The summed E-state index contributed by atoms with van der Waals surface area (Å²) >= 11 is 0. The molecule has 1 saturated heterocycles. The number of hydrogen-bond donors (Lipinski definition) is 1. The van der Waals surface area contributed by atoms with Gasteiger partial charge in [0.05, 0.1) is 23.3 Å². The Kier molecular flexibility index (Phi) is 6.99. The summed E-state index contributed by atoms with van der Waals surface area (Å²) in [6.07, 6.45) is 4.50. The van der Waals surface area contributed by atoms with Crippen LogP contribution in [0.3, 0.4) is 0 Å². The molecule has 0 saturated carbocycles. The molecule has 0 bridgehead atoms. The molecule has 2 aromatic carbocycles. The molecule has 2 aromatic rings. The number of benzene rings is 2. The average Bonchev–Trinajstić information content (AvgIpc) is 2.84. The van der Waals surface area contributed by atoms with Gasteiger partial charge < -0.3 is 10.1 Å². The van der Waals surface area contributed by atoms with Gasteiger partial charge in [0.2, 0.25) is 15.9 Å². The zero-order chi connectivity index (χ0) is 24.5. The third-order valence-electron chi connectivity index (χ3n) is 6.50. The first-order valence-electron chi connectivity index (χ1n) is 11.2. The van der Waals surface area contributed by atoms with Crippen LogP contribution in [0.5, 0.6) is 0 Å². The van der Waals surface area contributed by atoms with Crippen LogP contribution in [-0.2, 0) is 32.4 Å². The fourth-order valence-electron chi connectivity index (χ4n) is 4.52. The molecular formula is C24H26F2N2O5S. The number of esters is 1. The standard InChI is InChI=1S/C24H26F2N2O5S/c1-33-24(30)19-13-22(21(26)14-20(19)25)27-23(29)16-8-10-28(11-9-16)34(31,32)18-7-6-15-4-2-3-5-17(15)12-18/h6-7,12-14,16H,2-5,8-11H2,1H3,(H,27,29). The molecule has 1 N–H and O–H groups in total. The number of fused-ring (bicyclic) bond motifs is 1. The van der Waals surface area contributed by atoms with E-state index < -0.39 is 45.0 Å². The molecule has 0 radical (unpaired) electrons. The Morgan fingerprint density at radius 3 is 2.35 bits per heavy atom. The number of hydrogen-bond acceptors (Lipinski definition) is 5. The van der Waals surface area contributed by atoms with Gasteiger partial charge in [0.25, 0.3) is 0 Å². The number of aryl methyl sites for hydroxylation is 2. The minimum atomic E-state index is -3.68. The lowest BCUT2D eigenvalue weighted by Gasteiger charge is -2.31. The number of carbonyl (C=O) groups excluding carboxylic acids is 2. The Morgan fingerprint density at radius 1 is 1.00 bits per heavy atom. The van der Waals surface area contributed by atoms with Crippen molar-refractivity contribution in [2.75, 3.05) is 25.5 Å². The van der Waals surface area contributed by atoms with Crippen molar-refractivity contribution in [1.82, 2.24) is 4.31 Å². The van der Waals surface area contributed by atoms with E-state index in [9.17, 15) is 26.8 Å². The number of carbonyl (C=O) groups is 2. The third kappa shape index (κ3) is 4.83. The third-order valence-corrected chi connectivity index (χ3v) is 8.40. The van der Waals surface area contributed by atoms with E-state index in [0.717, 1.165) is 44.4 Å². The molecule has 0 unspecified atom stereocenters. The van der Waals surface area contributed by atoms with E-state index in [2.05, 4.69) is 10.1 Å². The van der Waals surface area contributed by atoms with Crippen molar-refractivity contribution in [3.05, 3.63) is 58.7 Å². The van der Waals surface area contributed by atoms with Gasteiger partial charge >= 0.3 is 5.97 Å². The largest absolute Gasteiger partial charge is 0.465 e. The highest BCUT2D eigenvalue weighted by Crippen LogP contribution is 2.29. The molecule has 1 heterocycles. The Bertz CT molecular complexity index is 1220. The summed E-state index contributed by atoms with van der Waals surface area (Å²) in [5, 5.41) is 2.39. The van der Waals surface area contributed by atoms with Gasteiger partial charge in [0, 0.05) is 25.1 Å². The number of amides is 1. The van der Waals surface area contributed by atoms with Crippen LogP contribution < -0.4 is 5.32 Å². The second kappa shape index (κ2) is 9.79. The molecule has 34 heavy (non-hydrogen) atoms. The van der Waals surface area contributed by atoms with Crippen molar-refractivity contribution in [2.24, 2.45) is 5.92 Å². The van der Waals surface area contributed by atoms with Gasteiger partial charge in [-0.25, -0.2) is 22.0 Å². The lowest BCUT2D eigenvalue weighted by molar-refractivity contribution is -0.120. The number of piperidine rings is 1. The van der Waals surface area contributed by atoms with Crippen molar-refractivity contribution < 1.29 is 31.5 Å². The number of nitrogens with one attached hydrogen (secondary N) is 1. The van der Waals surface area contributed by atoms with Crippen LogP contribution >= 0.6 is 0 Å². The smallest absolute Gasteiger partial charge is 0.340 e. The van der Waals surface area contributed by atoms with Crippen LogP contribution in [0, 0.1) is 17.6 Å². The number of rotatable bonds is 5. The second-order valence-electron chi connectivity index (χ2n) is 8.61. The molecule has 4 rings (SSSR count). The first kappa shape index (κ1) is 24.3. The van der Waals surface area contributed by atoms with Crippen LogP contribution in [0.1, 0.15) is 47.2 Å². The molecule has 7 nitrogen and oxygen atoms in total. The van der Waals surface area contributed by atoms with Crippen LogP contribution in [0.25, 0.3) is 0 Å². The maximum absolute atomic E-state index is 14.2. The maximum Gasteiger partial charge on any atom is 0.340 e. The van der Waals surface area contributed by atoms with Crippen LogP contribution in [0.2, 0.25) is 0 Å². The topological polar surface area (TPSA) is 92.8 Å². The normalized spacial score (nSPS) is 17.1. The van der Waals surface area contributed by atoms with Crippen LogP contribution in [0.15, 0.2) is 35.2 Å². The summed E-state index contributed by atoms with van der Waals surface area (Å²) in [6, 6.07) is 6.70. The monoisotopic (exact) mass is 492 g/mol. The second-order valence-corrected chi connectivity index (χ2v) is 10.5. The molecule has 0 spiro atoms. The molecule has 0 atom stereocenters. The van der Waals surface area contributed by atoms with E-state index >= 15 is 0 Å². The van der Waals surface area contributed by atoms with E-state index in [1.54, 1.807) is 12.1 Å². The van der Waals surface area contributed by atoms with E-state index in [0.29, 0.717) is 6.07 Å². The Morgan fingerprint density at radius 2 is 1.68 bits per heavy atom. The maximum atomic E-state index is 14.2. The first-order chi connectivity index (χ1) is 16.2. The van der Waals surface area contributed by atoms with Crippen LogP contribution in [-0.4, -0.2) is 44.8 Å². The van der Waals surface area contributed by atoms with Crippen molar-refractivity contribution in [1.29, 1.82) is 0 Å². The summed E-state index contributed by atoms with van der Waals surface area (Å²) in [4.78, 5) is 24.6. The Balaban J connectivity index is 1.42. The molecule has 1 aliphatic carbocycles. The number of sulfonamides is 1. The molecule has 2 aliphatic rings. The molecule has 1 amide bonds. The zero-order valence-corrected chi connectivity index (χ0v) is 19.6. The summed E-state index contributed by atoms with van der Waals surface area (Å²) in [7, 11) is -2.62. The van der Waals surface area contributed by atoms with E-state index in [-0.39, 0.29) is 36.5 Å². The van der Waals surface area contributed by atoms with Crippen molar-refractivity contribution in [3.63, 3.8) is 0 Å². The number of nitrogens with zero attached hydrogens (tertiary/aromatic N) is 1. The summed E-state index contributed by atoms with van der Waals surface area (Å²) in [5.41, 5.74) is 1.44. The fraction of sp³-hybridized carbons (Fsp3) is 0.417. The Hall–Kier alpha value is -2.85. The molecule has 1 aliphatic heterocycles. The quantitative estimate of drug-likeness (QED) is 0.643. The van der Waals surface area contributed by atoms with Gasteiger partial charge in [-0.1, -0.05) is 6.07 Å². The number of ether oxygens (including phenoxy) is 1. The van der Waals surface area contributed by atoms with Crippen molar-refractivity contribution in [3.8, 4) is 0 Å². The van der Waals surface area contributed by atoms with Crippen molar-refractivity contribution in [2.45, 2.75) is 43.4 Å². The van der Waals surface area contributed by atoms with Gasteiger partial charge in [-0.3, -0.25) is 4.79 Å². The van der Waals surface area contributed by atoms with Gasteiger partial charge in [0.15, 0.2) is 0 Å². The molecule has 1 fully saturated rings. The molecular weight excluding hydrogens is 466 g/mol.